The van der Waals surface area contributed by atoms with Gasteiger partial charge in [-0.05, 0) is 237 Å². The lowest BCUT2D eigenvalue weighted by molar-refractivity contribution is 0.582. The van der Waals surface area contributed by atoms with E-state index in [9.17, 15) is 0 Å². The lowest BCUT2D eigenvalue weighted by Crippen LogP contribution is -2.30. The summed E-state index contributed by atoms with van der Waals surface area (Å²) in [7, 11) is 0. The highest BCUT2D eigenvalue weighted by molar-refractivity contribution is 6.11. The molecule has 0 aliphatic heterocycles. The average molecular weight is 1550 g/mol. The first-order valence-electron chi connectivity index (χ1n) is 42.1. The molecule has 2 spiro atoms. The van der Waals surface area contributed by atoms with Crippen molar-refractivity contribution in [3.8, 4) is 83.8 Å². The monoisotopic (exact) mass is 1550 g/mol. The van der Waals surface area contributed by atoms with Crippen LogP contribution in [0.1, 0.15) is 66.8 Å². The van der Waals surface area contributed by atoms with Gasteiger partial charge >= 0.3 is 0 Å². The number of rotatable bonds is 12. The summed E-state index contributed by atoms with van der Waals surface area (Å²) < 4.78 is 8.11. The second kappa shape index (κ2) is 29.6. The number of benzene rings is 18. The standard InChI is InChI=1S/C61H41NO.C57H38N2/c1-2-13-42(14-3-1)43-28-34-50(35-29-43)62(51-36-30-44(31-37-51)48-17-10-18-49(41-48)59-25-12-40-63-59)52-38-32-45(33-39-52)53-20-11-24-58-60(53)54-19-6-9-23-57(54)61(58)55-21-7-4-15-46(55)26-27-47-16-5-8-22-56(47)61;1-3-16-39(17-4-1)40-32-34-44(35-33-40)58(45-36-37-54-48(38-45)46-22-10-14-28-53(46)59(54)43-20-5-2-6-21-43)55-29-15-27-52-56(55)47-23-9-13-26-51(47)57(52)49-24-11-7-18-41(49)30-31-42-19-8-12-25-50(42)57/h1-41H;1-38H. The maximum absolute atomic E-state index is 5.72. The summed E-state index contributed by atoms with van der Waals surface area (Å²) in [5, 5.41) is 2.45. The Labute approximate surface area is 710 Å². The van der Waals surface area contributed by atoms with Crippen LogP contribution in [0.5, 0.6) is 0 Å². The molecule has 4 aliphatic rings. The average Bonchev–Trinajstić information content (AvgIpc) is 1.52. The van der Waals surface area contributed by atoms with Gasteiger partial charge in [-0.3, -0.25) is 0 Å². The van der Waals surface area contributed by atoms with E-state index in [1.165, 1.54) is 144 Å². The fourth-order valence-corrected chi connectivity index (χ4v) is 20.4. The molecule has 0 bridgehead atoms. The Morgan fingerprint density at radius 2 is 0.582 bits per heavy atom. The van der Waals surface area contributed by atoms with Crippen molar-refractivity contribution in [2.75, 3.05) is 9.80 Å². The Hall–Kier alpha value is -15.9. The van der Waals surface area contributed by atoms with E-state index in [1.54, 1.807) is 6.26 Å². The highest BCUT2D eigenvalue weighted by atomic mass is 16.3. The molecule has 572 valence electrons. The Kier molecular flexibility index (Phi) is 17.3. The van der Waals surface area contributed by atoms with Gasteiger partial charge in [0, 0.05) is 56.0 Å². The summed E-state index contributed by atoms with van der Waals surface area (Å²) in [5.41, 5.74) is 40.3. The fourth-order valence-electron chi connectivity index (χ4n) is 20.4. The Balaban J connectivity index is 0.000000142. The van der Waals surface area contributed by atoms with Crippen LogP contribution in [-0.4, -0.2) is 4.57 Å². The van der Waals surface area contributed by atoms with Crippen molar-refractivity contribution in [3.63, 3.8) is 0 Å². The number of hydrogen-bond acceptors (Lipinski definition) is 3. The minimum Gasteiger partial charge on any atom is -0.464 e. The van der Waals surface area contributed by atoms with Crippen molar-refractivity contribution >= 4 is 80.2 Å². The SMILES string of the molecule is C1=Cc2ccccc2C2(c3ccccc31)c1ccccc1-c1c(-c3ccc(N(c4ccc(-c5ccccc5)cc4)c4ccc(-c5cccc(-c6ccco6)c5)cc4)cc3)cccc12.C1=Cc2ccccc2C2(c3ccccc31)c1ccccc1-c1c(N(c3ccc(-c4ccccc4)cc3)c3ccc4c(c3)c3ccccc3n4-c3ccccc3)cccc12. The summed E-state index contributed by atoms with van der Waals surface area (Å²) in [6.45, 7) is 0. The molecule has 2 heterocycles. The third-order valence-corrected chi connectivity index (χ3v) is 25.7. The molecular formula is C118H79N3O. The van der Waals surface area contributed by atoms with E-state index in [1.807, 2.05) is 12.1 Å². The van der Waals surface area contributed by atoms with Crippen LogP contribution in [0.2, 0.25) is 0 Å². The summed E-state index contributed by atoms with van der Waals surface area (Å²) in [4.78, 5) is 4.85. The van der Waals surface area contributed by atoms with Gasteiger partial charge in [0.25, 0.3) is 0 Å². The number of anilines is 6. The summed E-state index contributed by atoms with van der Waals surface area (Å²) >= 11 is 0. The van der Waals surface area contributed by atoms with E-state index in [0.29, 0.717) is 0 Å². The maximum Gasteiger partial charge on any atom is 0.133 e. The first-order valence-corrected chi connectivity index (χ1v) is 42.1. The van der Waals surface area contributed by atoms with Gasteiger partial charge in [0.1, 0.15) is 5.76 Å². The van der Waals surface area contributed by atoms with Gasteiger partial charge in [-0.1, -0.05) is 364 Å². The molecule has 18 aromatic carbocycles. The zero-order valence-corrected chi connectivity index (χ0v) is 66.9. The molecular weight excluding hydrogens is 1480 g/mol. The zero-order chi connectivity index (χ0) is 80.7. The fraction of sp³-hybridized carbons (Fsp3) is 0.0169. The molecule has 0 saturated heterocycles. The van der Waals surface area contributed by atoms with Crippen LogP contribution in [-0.2, 0) is 10.8 Å². The van der Waals surface area contributed by atoms with Crippen molar-refractivity contribution in [1.29, 1.82) is 0 Å². The van der Waals surface area contributed by atoms with Gasteiger partial charge in [-0.25, -0.2) is 0 Å². The normalized spacial score (nSPS) is 13.0. The predicted octanol–water partition coefficient (Wildman–Crippen LogP) is 31.0. The summed E-state index contributed by atoms with van der Waals surface area (Å²) in [6.07, 6.45) is 10.9. The van der Waals surface area contributed by atoms with E-state index in [2.05, 4.69) is 475 Å². The van der Waals surface area contributed by atoms with Gasteiger partial charge in [0.15, 0.2) is 0 Å². The second-order valence-corrected chi connectivity index (χ2v) is 32.1. The number of furan rings is 1. The van der Waals surface area contributed by atoms with Gasteiger partial charge in [-0.2, -0.15) is 0 Å². The van der Waals surface area contributed by atoms with Crippen molar-refractivity contribution in [1.82, 2.24) is 4.57 Å². The molecule has 4 heteroatoms. The lowest BCUT2D eigenvalue weighted by Gasteiger charge is -2.35. The summed E-state index contributed by atoms with van der Waals surface area (Å²) in [6, 6.07) is 164. The lowest BCUT2D eigenvalue weighted by atomic mass is 9.66. The molecule has 20 aromatic rings. The van der Waals surface area contributed by atoms with E-state index in [4.69, 9.17) is 4.42 Å². The highest BCUT2D eigenvalue weighted by Gasteiger charge is 2.51. The maximum atomic E-state index is 5.72. The molecule has 0 N–H and O–H groups in total. The van der Waals surface area contributed by atoms with Crippen molar-refractivity contribution < 1.29 is 4.42 Å². The van der Waals surface area contributed by atoms with Gasteiger partial charge in [0.05, 0.1) is 33.8 Å². The van der Waals surface area contributed by atoms with Gasteiger partial charge < -0.3 is 18.8 Å². The zero-order valence-electron chi connectivity index (χ0n) is 66.9. The first-order chi connectivity index (χ1) is 60.5. The molecule has 0 saturated carbocycles. The van der Waals surface area contributed by atoms with Gasteiger partial charge in [-0.15, -0.1) is 0 Å². The van der Waals surface area contributed by atoms with Crippen LogP contribution in [0.4, 0.5) is 34.1 Å². The molecule has 4 aliphatic carbocycles. The van der Waals surface area contributed by atoms with Crippen LogP contribution < -0.4 is 9.80 Å². The number of aromatic nitrogens is 1. The molecule has 0 fully saturated rings. The smallest absolute Gasteiger partial charge is 0.133 e. The largest absolute Gasteiger partial charge is 0.464 e. The van der Waals surface area contributed by atoms with E-state index in [0.717, 1.165) is 62.3 Å². The summed E-state index contributed by atoms with van der Waals surface area (Å²) in [5.74, 6) is 0.864. The Morgan fingerprint density at radius 3 is 1.11 bits per heavy atom. The second-order valence-electron chi connectivity index (χ2n) is 32.1. The topological polar surface area (TPSA) is 24.6 Å². The van der Waals surface area contributed by atoms with Crippen molar-refractivity contribution in [2.45, 2.75) is 10.8 Å². The van der Waals surface area contributed by atoms with Crippen LogP contribution >= 0.6 is 0 Å². The third-order valence-electron chi connectivity index (χ3n) is 25.7. The van der Waals surface area contributed by atoms with Crippen molar-refractivity contribution in [2.24, 2.45) is 0 Å². The number of para-hydroxylation sites is 2. The minimum atomic E-state index is -0.519. The molecule has 0 amide bonds. The quantitative estimate of drug-likeness (QED) is 0.122. The number of nitrogens with zero attached hydrogens (tertiary/aromatic N) is 3. The van der Waals surface area contributed by atoms with E-state index in [-0.39, 0.29) is 0 Å². The first kappa shape index (κ1) is 71.4. The highest BCUT2D eigenvalue weighted by Crippen LogP contribution is 2.63. The van der Waals surface area contributed by atoms with Crippen LogP contribution in [0.3, 0.4) is 0 Å². The molecule has 0 atom stereocenters. The van der Waals surface area contributed by atoms with E-state index < -0.39 is 10.8 Å². The van der Waals surface area contributed by atoms with Gasteiger partial charge in [0.2, 0.25) is 0 Å². The molecule has 0 unspecified atom stereocenters. The minimum absolute atomic E-state index is 0.465. The third kappa shape index (κ3) is 11.6. The van der Waals surface area contributed by atoms with Crippen molar-refractivity contribution in [3.05, 3.63) is 522 Å². The molecule has 4 nitrogen and oxygen atoms in total. The number of hydrogen-bond donors (Lipinski definition) is 0. The molecule has 2 aromatic heterocycles. The van der Waals surface area contributed by atoms with E-state index >= 15 is 0 Å². The molecule has 122 heavy (non-hydrogen) atoms. The van der Waals surface area contributed by atoms with Crippen LogP contribution in [0.15, 0.2) is 460 Å². The van der Waals surface area contributed by atoms with Crippen LogP contribution in [0.25, 0.3) is 130 Å². The Bertz CT molecular complexity index is 7360. The Morgan fingerprint density at radius 1 is 0.213 bits per heavy atom. The molecule has 0 radical (unpaired) electrons. The van der Waals surface area contributed by atoms with Crippen LogP contribution in [0, 0.1) is 0 Å². The predicted molar refractivity (Wildman–Crippen MR) is 508 cm³/mol. The number of fused-ring (bicyclic) bond motifs is 21. The molecule has 24 rings (SSSR count).